The van der Waals surface area contributed by atoms with Gasteiger partial charge in [-0.15, -0.1) is 0 Å². The van der Waals surface area contributed by atoms with E-state index >= 15 is 0 Å². The highest BCUT2D eigenvalue weighted by Crippen LogP contribution is 2.18. The number of rotatable bonds is 2. The number of carbonyl (C=O) groups excluding carboxylic acids is 2. The van der Waals surface area contributed by atoms with E-state index in [2.05, 4.69) is 5.32 Å². The topological polar surface area (TPSA) is 57.6 Å². The number of aryl methyl sites for hydroxylation is 1. The molecule has 2 fully saturated rings. The molecule has 0 radical (unpaired) electrons. The molecule has 2 aliphatic rings. The van der Waals surface area contributed by atoms with E-state index in [-0.39, 0.29) is 11.9 Å². The smallest absolute Gasteiger partial charge is 0.317 e. The molecule has 3 rings (SSSR count). The lowest BCUT2D eigenvalue weighted by atomic mass is 9.96. The zero-order valence-electron chi connectivity index (χ0n) is 14.1. The van der Waals surface area contributed by atoms with E-state index in [4.69, 9.17) is 11.6 Å². The molecule has 1 aromatic rings. The quantitative estimate of drug-likeness (QED) is 0.889. The first-order valence-corrected chi connectivity index (χ1v) is 9.09. The van der Waals surface area contributed by atoms with Crippen molar-refractivity contribution < 1.29 is 9.59 Å². The van der Waals surface area contributed by atoms with Crippen LogP contribution in [0.1, 0.15) is 42.6 Å². The Hall–Kier alpha value is -1.69. The van der Waals surface area contributed by atoms with Crippen LogP contribution in [0.25, 0.3) is 0 Å². The molecule has 0 aromatic carbocycles. The lowest BCUT2D eigenvalue weighted by molar-refractivity contribution is 0.0653. The number of nitrogens with one attached hydrogen (secondary N) is 1. The van der Waals surface area contributed by atoms with Gasteiger partial charge in [0.2, 0.25) is 0 Å². The average molecular weight is 353 g/mol. The van der Waals surface area contributed by atoms with Crippen LogP contribution in [0.5, 0.6) is 0 Å². The highest BCUT2D eigenvalue weighted by atomic mass is 35.5. The van der Waals surface area contributed by atoms with Crippen LogP contribution >= 0.6 is 11.6 Å². The van der Waals surface area contributed by atoms with Crippen LogP contribution in [0.3, 0.4) is 0 Å². The van der Waals surface area contributed by atoms with Crippen LogP contribution in [0.15, 0.2) is 12.3 Å². The van der Waals surface area contributed by atoms with Crippen molar-refractivity contribution in [3.05, 3.63) is 23.0 Å². The van der Waals surface area contributed by atoms with Crippen molar-refractivity contribution in [1.82, 2.24) is 19.7 Å². The largest absolute Gasteiger partial charge is 0.345 e. The van der Waals surface area contributed by atoms with Gasteiger partial charge in [-0.05, 0) is 18.9 Å². The highest BCUT2D eigenvalue weighted by molar-refractivity contribution is 6.31. The van der Waals surface area contributed by atoms with E-state index < -0.39 is 0 Å². The lowest BCUT2D eigenvalue weighted by Crippen LogP contribution is -2.54. The van der Waals surface area contributed by atoms with Gasteiger partial charge in [0.1, 0.15) is 5.69 Å². The van der Waals surface area contributed by atoms with E-state index in [1.165, 1.54) is 19.3 Å². The molecular weight excluding hydrogens is 328 g/mol. The number of piperazine rings is 1. The molecule has 0 unspecified atom stereocenters. The molecule has 132 valence electrons. The number of amides is 3. The van der Waals surface area contributed by atoms with Gasteiger partial charge in [0.25, 0.3) is 5.91 Å². The summed E-state index contributed by atoms with van der Waals surface area (Å²) in [5.74, 6) is -0.0308. The Morgan fingerprint density at radius 2 is 1.71 bits per heavy atom. The summed E-state index contributed by atoms with van der Waals surface area (Å²) in [7, 11) is 1.81. The molecule has 1 saturated heterocycles. The van der Waals surface area contributed by atoms with E-state index in [0.29, 0.717) is 42.9 Å². The molecule has 1 aromatic heterocycles. The van der Waals surface area contributed by atoms with Gasteiger partial charge in [-0.25, -0.2) is 4.79 Å². The number of urea groups is 1. The standard InChI is InChI=1S/C17H25ClN4O2/c1-20-12-13(18)11-15(20)16(23)21-7-9-22(10-8-21)17(24)19-14-5-3-2-4-6-14/h11-12,14H,2-10H2,1H3,(H,19,24). The van der Waals surface area contributed by atoms with Gasteiger partial charge in [0, 0.05) is 45.5 Å². The van der Waals surface area contributed by atoms with E-state index in [1.807, 2.05) is 11.9 Å². The number of halogens is 1. The van der Waals surface area contributed by atoms with Crippen molar-refractivity contribution in [2.75, 3.05) is 26.2 Å². The molecule has 6 nitrogen and oxygen atoms in total. The monoisotopic (exact) mass is 352 g/mol. The SMILES string of the molecule is Cn1cc(Cl)cc1C(=O)N1CCN(C(=O)NC2CCCCC2)CC1. The molecule has 1 aliphatic carbocycles. The Labute approximate surface area is 147 Å². The number of nitrogens with zero attached hydrogens (tertiary/aromatic N) is 3. The summed E-state index contributed by atoms with van der Waals surface area (Å²) in [5.41, 5.74) is 0.583. The summed E-state index contributed by atoms with van der Waals surface area (Å²) in [6, 6.07) is 2.01. The minimum absolute atomic E-state index is 0.0101. The van der Waals surface area contributed by atoms with Gasteiger partial charge in [0.05, 0.1) is 5.02 Å². The normalized spacial score (nSPS) is 19.4. The number of hydrogen-bond acceptors (Lipinski definition) is 2. The molecule has 2 heterocycles. The molecule has 1 aliphatic heterocycles. The summed E-state index contributed by atoms with van der Waals surface area (Å²) in [6.45, 7) is 2.25. The molecule has 7 heteroatoms. The first-order valence-electron chi connectivity index (χ1n) is 8.71. The molecule has 0 atom stereocenters. The zero-order valence-corrected chi connectivity index (χ0v) is 14.9. The lowest BCUT2D eigenvalue weighted by Gasteiger charge is -2.36. The van der Waals surface area contributed by atoms with Crippen molar-refractivity contribution >= 4 is 23.5 Å². The maximum absolute atomic E-state index is 12.6. The molecule has 0 spiro atoms. The van der Waals surface area contributed by atoms with E-state index in [1.54, 1.807) is 21.7 Å². The third-order valence-electron chi connectivity index (χ3n) is 4.98. The van der Waals surface area contributed by atoms with Gasteiger partial charge in [-0.3, -0.25) is 4.79 Å². The average Bonchev–Trinajstić information content (AvgIpc) is 2.93. The Bertz CT molecular complexity index is 602. The first kappa shape index (κ1) is 17.1. The molecular formula is C17H25ClN4O2. The number of aromatic nitrogens is 1. The maximum atomic E-state index is 12.6. The predicted octanol–water partition coefficient (Wildman–Crippen LogP) is 2.48. The van der Waals surface area contributed by atoms with Crippen molar-refractivity contribution in [2.45, 2.75) is 38.1 Å². The summed E-state index contributed by atoms with van der Waals surface area (Å²) >= 11 is 5.95. The molecule has 3 amide bonds. The van der Waals surface area contributed by atoms with Gasteiger partial charge < -0.3 is 19.7 Å². The Morgan fingerprint density at radius 3 is 2.29 bits per heavy atom. The van der Waals surface area contributed by atoms with Crippen LogP contribution < -0.4 is 5.32 Å². The highest BCUT2D eigenvalue weighted by Gasteiger charge is 2.27. The van der Waals surface area contributed by atoms with Crippen molar-refractivity contribution in [1.29, 1.82) is 0 Å². The van der Waals surface area contributed by atoms with E-state index in [0.717, 1.165) is 12.8 Å². The second-order valence-electron chi connectivity index (χ2n) is 6.72. The Balaban J connectivity index is 1.50. The van der Waals surface area contributed by atoms with Crippen molar-refractivity contribution in [3.8, 4) is 0 Å². The first-order chi connectivity index (χ1) is 11.5. The van der Waals surface area contributed by atoms with Crippen LogP contribution in [0.2, 0.25) is 5.02 Å². The molecule has 0 bridgehead atoms. The summed E-state index contributed by atoms with van der Waals surface area (Å²) < 4.78 is 1.74. The fourth-order valence-corrected chi connectivity index (χ4v) is 3.77. The summed E-state index contributed by atoms with van der Waals surface area (Å²) in [4.78, 5) is 28.5. The predicted molar refractivity (Wildman–Crippen MR) is 93.3 cm³/mol. The Morgan fingerprint density at radius 1 is 1.08 bits per heavy atom. The maximum Gasteiger partial charge on any atom is 0.317 e. The minimum atomic E-state index is -0.0308. The fourth-order valence-electron chi connectivity index (χ4n) is 3.52. The third-order valence-corrected chi connectivity index (χ3v) is 5.18. The molecule has 1 saturated carbocycles. The van der Waals surface area contributed by atoms with Gasteiger partial charge in [-0.2, -0.15) is 0 Å². The van der Waals surface area contributed by atoms with Crippen molar-refractivity contribution in [2.24, 2.45) is 7.05 Å². The van der Waals surface area contributed by atoms with Gasteiger partial charge in [-0.1, -0.05) is 30.9 Å². The van der Waals surface area contributed by atoms with Crippen LogP contribution in [-0.4, -0.2) is 58.5 Å². The van der Waals surface area contributed by atoms with Crippen LogP contribution in [0, 0.1) is 0 Å². The van der Waals surface area contributed by atoms with Gasteiger partial charge >= 0.3 is 6.03 Å². The summed E-state index contributed by atoms with van der Waals surface area (Å²) in [6.07, 6.45) is 7.56. The number of carbonyl (C=O) groups is 2. The third kappa shape index (κ3) is 3.86. The Kier molecular flexibility index (Phi) is 5.33. The second-order valence-corrected chi connectivity index (χ2v) is 7.15. The van der Waals surface area contributed by atoms with Crippen LogP contribution in [-0.2, 0) is 7.05 Å². The minimum Gasteiger partial charge on any atom is -0.345 e. The van der Waals surface area contributed by atoms with Gasteiger partial charge in [0.15, 0.2) is 0 Å². The second kappa shape index (κ2) is 7.47. The molecule has 1 N–H and O–H groups in total. The number of hydrogen-bond donors (Lipinski definition) is 1. The molecule has 24 heavy (non-hydrogen) atoms. The van der Waals surface area contributed by atoms with E-state index in [9.17, 15) is 9.59 Å². The summed E-state index contributed by atoms with van der Waals surface area (Å²) in [5, 5.41) is 3.70. The fraction of sp³-hybridized carbons (Fsp3) is 0.647. The van der Waals surface area contributed by atoms with Crippen molar-refractivity contribution in [3.63, 3.8) is 0 Å². The van der Waals surface area contributed by atoms with Crippen LogP contribution in [0.4, 0.5) is 4.79 Å². The zero-order chi connectivity index (χ0) is 17.1.